The maximum atomic E-state index is 13.0. The molecule has 0 bridgehead atoms. The standard InChI is InChI=1S/C13H11F2NO2S/c1-9-4-2-3-5-13(9)19(17,18)16-12-7-10(14)6-11(15)8-12/h2-8,16H,1H3. The summed E-state index contributed by atoms with van der Waals surface area (Å²) in [5, 5.41) is 0. The van der Waals surface area contributed by atoms with Crippen LogP contribution in [0.2, 0.25) is 0 Å². The summed E-state index contributed by atoms with van der Waals surface area (Å²) < 4.78 is 52.3. The Bertz CT molecular complexity index is 694. The van der Waals surface area contributed by atoms with E-state index in [2.05, 4.69) is 4.72 Å². The lowest BCUT2D eigenvalue weighted by molar-refractivity contribution is 0.584. The Morgan fingerprint density at radius 2 is 1.58 bits per heavy atom. The number of hydrogen-bond donors (Lipinski definition) is 1. The second-order valence-corrected chi connectivity index (χ2v) is 5.68. The van der Waals surface area contributed by atoms with Crippen LogP contribution in [0, 0.1) is 18.6 Å². The number of rotatable bonds is 3. The molecule has 6 heteroatoms. The van der Waals surface area contributed by atoms with E-state index in [4.69, 9.17) is 0 Å². The number of anilines is 1. The summed E-state index contributed by atoms with van der Waals surface area (Å²) in [6.07, 6.45) is 0. The Kier molecular flexibility index (Phi) is 3.53. The van der Waals surface area contributed by atoms with Crippen LogP contribution in [0.15, 0.2) is 47.4 Å². The molecular formula is C13H11F2NO2S. The molecule has 0 fully saturated rings. The van der Waals surface area contributed by atoms with Crippen molar-refractivity contribution in [3.8, 4) is 0 Å². The number of nitrogens with one attached hydrogen (secondary N) is 1. The second kappa shape index (κ2) is 4.97. The first kappa shape index (κ1) is 13.5. The highest BCUT2D eigenvalue weighted by Crippen LogP contribution is 2.20. The Morgan fingerprint density at radius 1 is 1.00 bits per heavy atom. The van der Waals surface area contributed by atoms with E-state index in [0.717, 1.165) is 12.1 Å². The van der Waals surface area contributed by atoms with E-state index in [1.54, 1.807) is 25.1 Å². The molecule has 19 heavy (non-hydrogen) atoms. The van der Waals surface area contributed by atoms with E-state index in [1.165, 1.54) is 6.07 Å². The normalized spacial score (nSPS) is 11.3. The fraction of sp³-hybridized carbons (Fsp3) is 0.0769. The number of benzene rings is 2. The third-order valence-electron chi connectivity index (χ3n) is 2.50. The lowest BCUT2D eigenvalue weighted by atomic mass is 10.2. The van der Waals surface area contributed by atoms with Crippen molar-refractivity contribution >= 4 is 15.7 Å². The fourth-order valence-corrected chi connectivity index (χ4v) is 2.97. The van der Waals surface area contributed by atoms with Gasteiger partial charge in [0.2, 0.25) is 0 Å². The number of halogens is 2. The van der Waals surface area contributed by atoms with Gasteiger partial charge in [0, 0.05) is 6.07 Å². The predicted molar refractivity (Wildman–Crippen MR) is 68.3 cm³/mol. The quantitative estimate of drug-likeness (QED) is 0.941. The van der Waals surface area contributed by atoms with Crippen molar-refractivity contribution in [2.24, 2.45) is 0 Å². The molecule has 0 unspecified atom stereocenters. The van der Waals surface area contributed by atoms with Crippen molar-refractivity contribution in [1.29, 1.82) is 0 Å². The zero-order valence-electron chi connectivity index (χ0n) is 10.0. The summed E-state index contributed by atoms with van der Waals surface area (Å²) >= 11 is 0. The third-order valence-corrected chi connectivity index (χ3v) is 4.04. The summed E-state index contributed by atoms with van der Waals surface area (Å²) in [6, 6.07) is 8.85. The number of aryl methyl sites for hydroxylation is 1. The minimum Gasteiger partial charge on any atom is -0.279 e. The van der Waals surface area contributed by atoms with Crippen LogP contribution in [0.1, 0.15) is 5.56 Å². The van der Waals surface area contributed by atoms with Gasteiger partial charge in [0.05, 0.1) is 10.6 Å². The van der Waals surface area contributed by atoms with Gasteiger partial charge in [-0.15, -0.1) is 0 Å². The molecule has 0 aromatic heterocycles. The largest absolute Gasteiger partial charge is 0.279 e. The van der Waals surface area contributed by atoms with Crippen LogP contribution in [0.4, 0.5) is 14.5 Å². The SMILES string of the molecule is Cc1ccccc1S(=O)(=O)Nc1cc(F)cc(F)c1. The highest BCUT2D eigenvalue weighted by molar-refractivity contribution is 7.92. The number of hydrogen-bond acceptors (Lipinski definition) is 2. The molecule has 0 spiro atoms. The van der Waals surface area contributed by atoms with Crippen LogP contribution >= 0.6 is 0 Å². The maximum Gasteiger partial charge on any atom is 0.262 e. The molecule has 1 N–H and O–H groups in total. The van der Waals surface area contributed by atoms with Crippen molar-refractivity contribution in [3.63, 3.8) is 0 Å². The molecule has 0 aliphatic carbocycles. The molecule has 0 aliphatic heterocycles. The number of sulfonamides is 1. The first-order valence-corrected chi connectivity index (χ1v) is 6.91. The van der Waals surface area contributed by atoms with E-state index >= 15 is 0 Å². The lowest BCUT2D eigenvalue weighted by Crippen LogP contribution is -2.14. The van der Waals surface area contributed by atoms with Crippen LogP contribution < -0.4 is 4.72 Å². The zero-order valence-corrected chi connectivity index (χ0v) is 10.8. The van der Waals surface area contributed by atoms with Gasteiger partial charge in [0.15, 0.2) is 0 Å². The highest BCUT2D eigenvalue weighted by atomic mass is 32.2. The summed E-state index contributed by atoms with van der Waals surface area (Å²) in [5.74, 6) is -1.69. The van der Waals surface area contributed by atoms with Crippen LogP contribution in [0.3, 0.4) is 0 Å². The fourth-order valence-electron chi connectivity index (χ4n) is 1.68. The molecule has 0 radical (unpaired) electrons. The van der Waals surface area contributed by atoms with Crippen molar-refractivity contribution in [2.75, 3.05) is 4.72 Å². The predicted octanol–water partition coefficient (Wildman–Crippen LogP) is 3.07. The van der Waals surface area contributed by atoms with Gasteiger partial charge in [-0.3, -0.25) is 4.72 Å². The molecule has 0 saturated heterocycles. The Hall–Kier alpha value is -1.95. The second-order valence-electron chi connectivity index (χ2n) is 4.03. The Morgan fingerprint density at radius 3 is 2.16 bits per heavy atom. The van der Waals surface area contributed by atoms with E-state index in [-0.39, 0.29) is 10.6 Å². The zero-order chi connectivity index (χ0) is 14.0. The average Bonchev–Trinajstić information content (AvgIpc) is 2.26. The topological polar surface area (TPSA) is 46.2 Å². The Balaban J connectivity index is 2.39. The summed E-state index contributed by atoms with van der Waals surface area (Å²) in [7, 11) is -3.86. The van der Waals surface area contributed by atoms with Crippen molar-refractivity contribution < 1.29 is 17.2 Å². The Labute approximate surface area is 109 Å². The summed E-state index contributed by atoms with van der Waals surface area (Å²) in [6.45, 7) is 1.64. The minimum absolute atomic E-state index is 0.0691. The van der Waals surface area contributed by atoms with Crippen LogP contribution in [-0.4, -0.2) is 8.42 Å². The molecule has 0 atom stereocenters. The van der Waals surface area contributed by atoms with E-state index < -0.39 is 21.7 Å². The van der Waals surface area contributed by atoms with Gasteiger partial charge in [-0.1, -0.05) is 18.2 Å². The molecule has 3 nitrogen and oxygen atoms in total. The van der Waals surface area contributed by atoms with Crippen LogP contribution in [0.25, 0.3) is 0 Å². The monoisotopic (exact) mass is 283 g/mol. The third kappa shape index (κ3) is 3.08. The lowest BCUT2D eigenvalue weighted by Gasteiger charge is -2.10. The molecule has 0 heterocycles. The molecule has 0 saturated carbocycles. The van der Waals surface area contributed by atoms with Crippen LogP contribution in [0.5, 0.6) is 0 Å². The van der Waals surface area contributed by atoms with Gasteiger partial charge < -0.3 is 0 Å². The molecule has 2 rings (SSSR count). The molecule has 2 aromatic carbocycles. The average molecular weight is 283 g/mol. The molecule has 0 aliphatic rings. The van der Waals surface area contributed by atoms with E-state index in [0.29, 0.717) is 11.6 Å². The molecule has 0 amide bonds. The van der Waals surface area contributed by atoms with Crippen molar-refractivity contribution in [1.82, 2.24) is 0 Å². The maximum absolute atomic E-state index is 13.0. The van der Waals surface area contributed by atoms with Crippen molar-refractivity contribution in [2.45, 2.75) is 11.8 Å². The molecule has 100 valence electrons. The summed E-state index contributed by atoms with van der Waals surface area (Å²) in [4.78, 5) is 0.0691. The van der Waals surface area contributed by atoms with E-state index in [9.17, 15) is 17.2 Å². The van der Waals surface area contributed by atoms with Gasteiger partial charge >= 0.3 is 0 Å². The molecule has 2 aromatic rings. The minimum atomic E-state index is -3.86. The molecular weight excluding hydrogens is 272 g/mol. The van der Waals surface area contributed by atoms with Gasteiger partial charge in [-0.25, -0.2) is 17.2 Å². The first-order chi connectivity index (χ1) is 8.88. The first-order valence-electron chi connectivity index (χ1n) is 5.43. The van der Waals surface area contributed by atoms with Crippen molar-refractivity contribution in [3.05, 3.63) is 59.7 Å². The van der Waals surface area contributed by atoms with Gasteiger partial charge in [0.25, 0.3) is 10.0 Å². The highest BCUT2D eigenvalue weighted by Gasteiger charge is 2.16. The smallest absolute Gasteiger partial charge is 0.262 e. The van der Waals surface area contributed by atoms with Crippen LogP contribution in [-0.2, 0) is 10.0 Å². The van der Waals surface area contributed by atoms with Gasteiger partial charge in [0.1, 0.15) is 11.6 Å². The van der Waals surface area contributed by atoms with Gasteiger partial charge in [-0.2, -0.15) is 0 Å². The van der Waals surface area contributed by atoms with Gasteiger partial charge in [-0.05, 0) is 30.7 Å². The summed E-state index contributed by atoms with van der Waals surface area (Å²) in [5.41, 5.74) is 0.396. The van der Waals surface area contributed by atoms with E-state index in [1.807, 2.05) is 0 Å².